The Labute approximate surface area is 190 Å². The molecule has 1 saturated carbocycles. The molecule has 0 radical (unpaired) electrons. The van der Waals surface area contributed by atoms with E-state index >= 15 is 0 Å². The molecule has 2 N–H and O–H groups in total. The van der Waals surface area contributed by atoms with Gasteiger partial charge in [-0.3, -0.25) is 19.7 Å². The van der Waals surface area contributed by atoms with E-state index in [9.17, 15) is 24.5 Å². The van der Waals surface area contributed by atoms with Gasteiger partial charge in [-0.15, -0.1) is 0 Å². The van der Waals surface area contributed by atoms with Gasteiger partial charge in [-0.1, -0.05) is 18.2 Å². The van der Waals surface area contributed by atoms with Crippen LogP contribution in [0.1, 0.15) is 41.7 Å². The van der Waals surface area contributed by atoms with E-state index in [1.165, 1.54) is 25.1 Å². The van der Waals surface area contributed by atoms with E-state index in [-0.39, 0.29) is 17.3 Å². The number of nitro groups is 1. The second kappa shape index (κ2) is 10.6. The predicted octanol–water partition coefficient (Wildman–Crippen LogP) is 2.53. The Morgan fingerprint density at radius 2 is 1.82 bits per heavy atom. The first-order valence-electron chi connectivity index (χ1n) is 10.4. The Kier molecular flexibility index (Phi) is 7.60. The smallest absolute Gasteiger partial charge is 0.328 e. The van der Waals surface area contributed by atoms with Crippen molar-refractivity contribution in [3.63, 3.8) is 0 Å². The number of rotatable bonds is 10. The summed E-state index contributed by atoms with van der Waals surface area (Å²) in [6.07, 6.45) is 1.99. The maximum atomic E-state index is 12.4. The molecule has 174 valence electrons. The number of esters is 1. The molecule has 3 rings (SSSR count). The Morgan fingerprint density at radius 1 is 1.12 bits per heavy atom. The number of hydrogen-bond donors (Lipinski definition) is 2. The van der Waals surface area contributed by atoms with Crippen molar-refractivity contribution in [2.75, 3.05) is 13.7 Å². The molecule has 0 heterocycles. The molecule has 1 fully saturated rings. The fourth-order valence-electron chi connectivity index (χ4n) is 3.29. The summed E-state index contributed by atoms with van der Waals surface area (Å²) in [5, 5.41) is 16.2. The van der Waals surface area contributed by atoms with Crippen molar-refractivity contribution in [1.82, 2.24) is 10.6 Å². The van der Waals surface area contributed by atoms with Crippen molar-refractivity contribution in [2.45, 2.75) is 31.8 Å². The summed E-state index contributed by atoms with van der Waals surface area (Å²) >= 11 is 0. The molecule has 1 unspecified atom stereocenters. The summed E-state index contributed by atoms with van der Waals surface area (Å²) in [4.78, 5) is 47.1. The van der Waals surface area contributed by atoms with Crippen LogP contribution in [0.3, 0.4) is 0 Å². The number of amides is 2. The topological polar surface area (TPSA) is 137 Å². The average Bonchev–Trinajstić information content (AvgIpc) is 3.66. The third-order valence-corrected chi connectivity index (χ3v) is 5.25. The summed E-state index contributed by atoms with van der Waals surface area (Å²) in [6, 6.07) is 11.3. The highest BCUT2D eigenvalue weighted by Gasteiger charge is 2.33. The number of benzene rings is 2. The molecule has 2 atom stereocenters. The fraction of sp³-hybridized carbons (Fsp3) is 0.348. The lowest BCUT2D eigenvalue weighted by Crippen LogP contribution is -2.41. The van der Waals surface area contributed by atoms with Gasteiger partial charge in [-0.2, -0.15) is 0 Å². The lowest BCUT2D eigenvalue weighted by molar-refractivity contribution is -0.384. The summed E-state index contributed by atoms with van der Waals surface area (Å²) in [5.41, 5.74) is 0.737. The van der Waals surface area contributed by atoms with E-state index in [0.29, 0.717) is 5.92 Å². The van der Waals surface area contributed by atoms with Gasteiger partial charge in [-0.05, 0) is 49.4 Å². The van der Waals surface area contributed by atoms with Gasteiger partial charge in [0.05, 0.1) is 18.1 Å². The highest BCUT2D eigenvalue weighted by atomic mass is 16.6. The van der Waals surface area contributed by atoms with Crippen LogP contribution in [0.2, 0.25) is 0 Å². The zero-order chi connectivity index (χ0) is 24.0. The van der Waals surface area contributed by atoms with Crippen molar-refractivity contribution >= 4 is 23.5 Å². The number of carbonyl (C=O) groups is 3. The van der Waals surface area contributed by atoms with E-state index in [1.54, 1.807) is 7.11 Å². The van der Waals surface area contributed by atoms with Crippen molar-refractivity contribution in [3.05, 3.63) is 69.8 Å². The predicted molar refractivity (Wildman–Crippen MR) is 118 cm³/mol. The van der Waals surface area contributed by atoms with E-state index < -0.39 is 35.4 Å². The summed E-state index contributed by atoms with van der Waals surface area (Å²) in [5.74, 6) is -0.869. The normalized spacial score (nSPS) is 14.5. The van der Waals surface area contributed by atoms with Crippen LogP contribution in [-0.4, -0.2) is 42.5 Å². The van der Waals surface area contributed by atoms with E-state index in [2.05, 4.69) is 10.6 Å². The first-order valence-corrected chi connectivity index (χ1v) is 10.4. The van der Waals surface area contributed by atoms with Gasteiger partial charge in [0.15, 0.2) is 6.61 Å². The SMILES string of the molecule is COc1ccc(C(NC(=O)COC(=O)[C@H](C)NC(=O)c2cccc([N+](=O)[O-])c2)C2CC2)cc1. The monoisotopic (exact) mass is 455 g/mol. The Bertz CT molecular complexity index is 1030. The molecule has 10 heteroatoms. The van der Waals surface area contributed by atoms with Crippen LogP contribution in [0.15, 0.2) is 48.5 Å². The Hall–Kier alpha value is -3.95. The minimum atomic E-state index is -1.05. The van der Waals surface area contributed by atoms with Crippen LogP contribution in [0.4, 0.5) is 5.69 Å². The van der Waals surface area contributed by atoms with Crippen LogP contribution in [0.5, 0.6) is 5.75 Å². The number of nitrogens with one attached hydrogen (secondary N) is 2. The molecular weight excluding hydrogens is 430 g/mol. The maximum Gasteiger partial charge on any atom is 0.328 e. The molecule has 33 heavy (non-hydrogen) atoms. The number of nitrogens with zero attached hydrogens (tertiary/aromatic N) is 1. The van der Waals surface area contributed by atoms with Crippen LogP contribution in [-0.2, 0) is 14.3 Å². The molecule has 2 aromatic carbocycles. The molecule has 2 amide bonds. The zero-order valence-corrected chi connectivity index (χ0v) is 18.3. The molecule has 1 aliphatic rings. The molecular formula is C23H25N3O7. The molecule has 0 aromatic heterocycles. The Balaban J connectivity index is 1.50. The van der Waals surface area contributed by atoms with Gasteiger partial charge in [0.1, 0.15) is 11.8 Å². The number of nitro benzene ring substituents is 1. The van der Waals surface area contributed by atoms with Gasteiger partial charge in [0.2, 0.25) is 0 Å². The lowest BCUT2D eigenvalue weighted by atomic mass is 10.0. The minimum absolute atomic E-state index is 0.0355. The van der Waals surface area contributed by atoms with Crippen molar-refractivity contribution in [1.29, 1.82) is 0 Å². The lowest BCUT2D eigenvalue weighted by Gasteiger charge is -2.19. The molecule has 10 nitrogen and oxygen atoms in total. The number of carbonyl (C=O) groups excluding carboxylic acids is 3. The van der Waals surface area contributed by atoms with Gasteiger partial charge in [0.25, 0.3) is 17.5 Å². The molecule has 0 saturated heterocycles. The summed E-state index contributed by atoms with van der Waals surface area (Å²) in [7, 11) is 1.58. The van der Waals surface area contributed by atoms with Crippen molar-refractivity contribution in [2.24, 2.45) is 5.92 Å². The van der Waals surface area contributed by atoms with Crippen LogP contribution in [0.25, 0.3) is 0 Å². The quantitative estimate of drug-likeness (QED) is 0.319. The van der Waals surface area contributed by atoms with Gasteiger partial charge in [-0.25, -0.2) is 4.79 Å². The zero-order valence-electron chi connectivity index (χ0n) is 18.3. The van der Waals surface area contributed by atoms with Crippen molar-refractivity contribution < 1.29 is 28.8 Å². The average molecular weight is 455 g/mol. The third kappa shape index (κ3) is 6.52. The van der Waals surface area contributed by atoms with Gasteiger partial charge < -0.3 is 20.1 Å². The summed E-state index contributed by atoms with van der Waals surface area (Å²) in [6.45, 7) is 0.912. The summed E-state index contributed by atoms with van der Waals surface area (Å²) < 4.78 is 10.2. The second-order valence-electron chi connectivity index (χ2n) is 7.77. The number of hydrogen-bond acceptors (Lipinski definition) is 7. The highest BCUT2D eigenvalue weighted by Crippen LogP contribution is 2.41. The van der Waals surface area contributed by atoms with Crippen LogP contribution < -0.4 is 15.4 Å². The molecule has 1 aliphatic carbocycles. The molecule has 0 spiro atoms. The third-order valence-electron chi connectivity index (χ3n) is 5.25. The molecule has 0 bridgehead atoms. The fourth-order valence-corrected chi connectivity index (χ4v) is 3.29. The largest absolute Gasteiger partial charge is 0.497 e. The minimum Gasteiger partial charge on any atom is -0.497 e. The van der Waals surface area contributed by atoms with Crippen LogP contribution in [0, 0.1) is 16.0 Å². The van der Waals surface area contributed by atoms with E-state index in [0.717, 1.165) is 30.2 Å². The number of non-ortho nitro benzene ring substituents is 1. The standard InChI is InChI=1S/C23H25N3O7/c1-14(24-22(28)17-4-3-5-18(12-17)26(30)31)23(29)33-13-20(27)25-21(15-6-7-15)16-8-10-19(32-2)11-9-16/h3-5,8-12,14-15,21H,6-7,13H2,1-2H3,(H,24,28)(H,25,27)/t14-,21?/m0/s1. The van der Waals surface area contributed by atoms with E-state index in [1.807, 2.05) is 24.3 Å². The number of ether oxygens (including phenoxy) is 2. The second-order valence-corrected chi connectivity index (χ2v) is 7.77. The van der Waals surface area contributed by atoms with Gasteiger partial charge >= 0.3 is 5.97 Å². The maximum absolute atomic E-state index is 12.4. The first kappa shape index (κ1) is 23.7. The van der Waals surface area contributed by atoms with Crippen LogP contribution >= 0.6 is 0 Å². The highest BCUT2D eigenvalue weighted by molar-refractivity contribution is 5.97. The van der Waals surface area contributed by atoms with Crippen molar-refractivity contribution in [3.8, 4) is 5.75 Å². The Morgan fingerprint density at radius 3 is 2.42 bits per heavy atom. The molecule has 0 aliphatic heterocycles. The first-order chi connectivity index (χ1) is 15.8. The number of methoxy groups -OCH3 is 1. The van der Waals surface area contributed by atoms with E-state index in [4.69, 9.17) is 9.47 Å². The molecule has 2 aromatic rings. The van der Waals surface area contributed by atoms with Gasteiger partial charge in [0, 0.05) is 17.7 Å².